The van der Waals surface area contributed by atoms with Crippen molar-refractivity contribution in [3.8, 4) is 0 Å². The molecule has 1 aromatic heterocycles. The number of carboxylic acids is 1. The Morgan fingerprint density at radius 3 is 2.76 bits per heavy atom. The van der Waals surface area contributed by atoms with Gasteiger partial charge in [-0.1, -0.05) is 36.7 Å². The van der Waals surface area contributed by atoms with Crippen molar-refractivity contribution < 1.29 is 19.1 Å². The molecule has 8 heteroatoms. The molecule has 174 valence electrons. The highest BCUT2D eigenvalue weighted by Gasteiger charge is 2.32. The smallest absolute Gasteiger partial charge is 0.326 e. The monoisotopic (exact) mass is 471 g/mol. The predicted octanol–water partition coefficient (Wildman–Crippen LogP) is 5.17. The van der Waals surface area contributed by atoms with E-state index in [1.165, 1.54) is 12.1 Å². The molecule has 0 aliphatic heterocycles. The Hall–Kier alpha value is -3.06. The van der Waals surface area contributed by atoms with Crippen molar-refractivity contribution in [2.75, 3.05) is 7.05 Å². The highest BCUT2D eigenvalue weighted by atomic mass is 35.5. The van der Waals surface area contributed by atoms with Crippen LogP contribution >= 0.6 is 11.6 Å². The van der Waals surface area contributed by atoms with Crippen LogP contribution in [0.5, 0.6) is 0 Å². The Kier molecular flexibility index (Phi) is 6.61. The lowest BCUT2D eigenvalue weighted by molar-refractivity contribution is -0.140. The number of fused-ring (bicyclic) bond motifs is 3. The van der Waals surface area contributed by atoms with Crippen molar-refractivity contribution in [3.63, 3.8) is 0 Å². The van der Waals surface area contributed by atoms with Gasteiger partial charge in [-0.3, -0.25) is 0 Å². The van der Waals surface area contributed by atoms with Crippen LogP contribution in [0, 0.1) is 5.82 Å². The molecule has 1 aliphatic carbocycles. The number of urea groups is 1. The Bertz CT molecular complexity index is 1210. The van der Waals surface area contributed by atoms with E-state index in [2.05, 4.69) is 5.32 Å². The predicted molar refractivity (Wildman–Crippen MR) is 126 cm³/mol. The van der Waals surface area contributed by atoms with E-state index in [-0.39, 0.29) is 17.9 Å². The summed E-state index contributed by atoms with van der Waals surface area (Å²) in [6, 6.07) is 10.8. The van der Waals surface area contributed by atoms with Crippen LogP contribution in [-0.2, 0) is 24.2 Å². The fourth-order valence-corrected chi connectivity index (χ4v) is 5.01. The number of carboxylic acid groups (broad SMARTS) is 1. The van der Waals surface area contributed by atoms with Crippen molar-refractivity contribution in [2.24, 2.45) is 0 Å². The SMILES string of the molecule is CCC(C(=O)O)n1c2c(c3cc(F)ccc31)C[C@@H](N(C)C(=O)NCc1ccccc1Cl)CC2. The van der Waals surface area contributed by atoms with E-state index >= 15 is 0 Å². The highest BCUT2D eigenvalue weighted by Crippen LogP contribution is 2.37. The van der Waals surface area contributed by atoms with Crippen LogP contribution in [-0.4, -0.2) is 39.7 Å². The van der Waals surface area contributed by atoms with E-state index in [9.17, 15) is 19.1 Å². The van der Waals surface area contributed by atoms with Crippen molar-refractivity contribution in [1.29, 1.82) is 0 Å². The van der Waals surface area contributed by atoms with Crippen LogP contribution in [0.1, 0.15) is 42.6 Å². The van der Waals surface area contributed by atoms with Crippen LogP contribution in [0.25, 0.3) is 10.9 Å². The number of nitrogens with zero attached hydrogens (tertiary/aromatic N) is 2. The molecule has 0 saturated carbocycles. The minimum atomic E-state index is -0.903. The minimum Gasteiger partial charge on any atom is -0.480 e. The molecular formula is C25H27ClFN3O3. The van der Waals surface area contributed by atoms with E-state index < -0.39 is 12.0 Å². The van der Waals surface area contributed by atoms with Gasteiger partial charge >= 0.3 is 12.0 Å². The molecule has 1 unspecified atom stereocenters. The molecule has 0 fully saturated rings. The second kappa shape index (κ2) is 9.43. The Balaban J connectivity index is 1.59. The number of aromatic nitrogens is 1. The third-order valence-electron chi connectivity index (χ3n) is 6.58. The Labute approximate surface area is 196 Å². The zero-order valence-electron chi connectivity index (χ0n) is 18.6. The number of hydrogen-bond donors (Lipinski definition) is 2. The first-order valence-corrected chi connectivity index (χ1v) is 11.5. The van der Waals surface area contributed by atoms with Crippen LogP contribution < -0.4 is 5.32 Å². The van der Waals surface area contributed by atoms with Crippen molar-refractivity contribution >= 4 is 34.5 Å². The van der Waals surface area contributed by atoms with Gasteiger partial charge in [0.1, 0.15) is 11.9 Å². The van der Waals surface area contributed by atoms with E-state index in [1.807, 2.05) is 29.7 Å². The number of halogens is 2. The Morgan fingerprint density at radius 1 is 1.30 bits per heavy atom. The number of carbonyl (C=O) groups excluding carboxylic acids is 1. The fourth-order valence-electron chi connectivity index (χ4n) is 4.80. The van der Waals surface area contributed by atoms with E-state index in [0.29, 0.717) is 37.3 Å². The van der Waals surface area contributed by atoms with Crippen LogP contribution in [0.4, 0.5) is 9.18 Å². The largest absolute Gasteiger partial charge is 0.480 e. The number of aliphatic carboxylic acids is 1. The van der Waals surface area contributed by atoms with Gasteiger partial charge in [0.15, 0.2) is 0 Å². The molecule has 0 spiro atoms. The van der Waals surface area contributed by atoms with Gasteiger partial charge in [-0.2, -0.15) is 0 Å². The second-order valence-corrected chi connectivity index (χ2v) is 8.88. The molecule has 4 rings (SSSR count). The maximum absolute atomic E-state index is 14.1. The van der Waals surface area contributed by atoms with Gasteiger partial charge in [0.25, 0.3) is 0 Å². The first kappa shape index (κ1) is 23.1. The van der Waals surface area contributed by atoms with Crippen molar-refractivity contribution in [1.82, 2.24) is 14.8 Å². The summed E-state index contributed by atoms with van der Waals surface area (Å²) in [4.78, 5) is 26.4. The third kappa shape index (κ3) is 4.42. The highest BCUT2D eigenvalue weighted by molar-refractivity contribution is 6.31. The summed E-state index contributed by atoms with van der Waals surface area (Å²) in [6.07, 6.45) is 2.27. The molecule has 2 aromatic carbocycles. The maximum atomic E-state index is 14.1. The van der Waals surface area contributed by atoms with E-state index in [4.69, 9.17) is 11.6 Å². The van der Waals surface area contributed by atoms with E-state index in [0.717, 1.165) is 27.7 Å². The molecule has 6 nitrogen and oxygen atoms in total. The number of hydrogen-bond acceptors (Lipinski definition) is 2. The summed E-state index contributed by atoms with van der Waals surface area (Å²) in [5, 5.41) is 14.0. The van der Waals surface area contributed by atoms with Crippen LogP contribution in [0.3, 0.4) is 0 Å². The van der Waals surface area contributed by atoms with Gasteiger partial charge in [-0.15, -0.1) is 0 Å². The summed E-state index contributed by atoms with van der Waals surface area (Å²) in [7, 11) is 1.75. The lowest BCUT2D eigenvalue weighted by Crippen LogP contribution is -2.45. The summed E-state index contributed by atoms with van der Waals surface area (Å²) < 4.78 is 16.0. The number of nitrogens with one attached hydrogen (secondary N) is 1. The average molecular weight is 472 g/mol. The zero-order valence-corrected chi connectivity index (χ0v) is 19.4. The van der Waals surface area contributed by atoms with Gasteiger partial charge in [0.2, 0.25) is 0 Å². The zero-order chi connectivity index (χ0) is 23.7. The van der Waals surface area contributed by atoms with Crippen LogP contribution in [0.15, 0.2) is 42.5 Å². The number of rotatable bonds is 6. The van der Waals surface area contributed by atoms with E-state index in [1.54, 1.807) is 24.1 Å². The number of amides is 2. The van der Waals surface area contributed by atoms with Gasteiger partial charge in [0, 0.05) is 41.3 Å². The first-order valence-electron chi connectivity index (χ1n) is 11.1. The number of likely N-dealkylation sites (N-methyl/N-ethyl adjacent to an activating group) is 1. The molecular weight excluding hydrogens is 445 g/mol. The molecule has 3 aromatic rings. The molecule has 0 saturated heterocycles. The molecule has 1 aliphatic rings. The van der Waals surface area contributed by atoms with Gasteiger partial charge < -0.3 is 19.9 Å². The van der Waals surface area contributed by atoms with Crippen molar-refractivity contribution in [2.45, 2.75) is 51.2 Å². The van der Waals surface area contributed by atoms with Crippen LogP contribution in [0.2, 0.25) is 5.02 Å². The summed E-state index contributed by atoms with van der Waals surface area (Å²) in [5.74, 6) is -1.27. The Morgan fingerprint density at radius 2 is 2.06 bits per heavy atom. The average Bonchev–Trinajstić information content (AvgIpc) is 3.11. The number of benzene rings is 2. The lowest BCUT2D eigenvalue weighted by atomic mass is 9.90. The third-order valence-corrected chi connectivity index (χ3v) is 6.94. The quantitative estimate of drug-likeness (QED) is 0.521. The molecule has 2 N–H and O–H groups in total. The molecule has 0 bridgehead atoms. The number of carbonyl (C=O) groups is 2. The standard InChI is InChI=1S/C25H27ClFN3O3/c1-3-21(24(31)32)30-22-10-8-16(27)12-18(22)19-13-17(9-11-23(19)30)29(2)25(33)28-14-15-6-4-5-7-20(15)26/h4-8,10,12,17,21H,3,9,11,13-14H2,1-2H3,(H,28,33)(H,31,32)/t17-,21?/m0/s1. The first-order chi connectivity index (χ1) is 15.8. The maximum Gasteiger partial charge on any atom is 0.326 e. The summed E-state index contributed by atoms with van der Waals surface area (Å²) in [5.41, 5.74) is 3.41. The minimum absolute atomic E-state index is 0.0871. The summed E-state index contributed by atoms with van der Waals surface area (Å²) in [6.45, 7) is 2.16. The van der Waals surface area contributed by atoms with Gasteiger partial charge in [0.05, 0.1) is 0 Å². The molecule has 0 radical (unpaired) electrons. The van der Waals surface area contributed by atoms with Gasteiger partial charge in [-0.25, -0.2) is 14.0 Å². The lowest BCUT2D eigenvalue weighted by Gasteiger charge is -2.32. The second-order valence-electron chi connectivity index (χ2n) is 8.48. The fraction of sp³-hybridized carbons (Fsp3) is 0.360. The molecule has 2 amide bonds. The molecule has 1 heterocycles. The normalized spacial score (nSPS) is 16.3. The summed E-state index contributed by atoms with van der Waals surface area (Å²) >= 11 is 6.18. The van der Waals surface area contributed by atoms with Crippen molar-refractivity contribution in [3.05, 3.63) is 70.1 Å². The molecule has 33 heavy (non-hydrogen) atoms. The molecule has 2 atom stereocenters. The van der Waals surface area contributed by atoms with Gasteiger partial charge in [-0.05, 0) is 61.1 Å². The topological polar surface area (TPSA) is 74.6 Å².